The molecular formula is C16H16N4OS. The fourth-order valence-electron chi connectivity index (χ4n) is 2.10. The van der Waals surface area contributed by atoms with E-state index in [9.17, 15) is 4.79 Å². The summed E-state index contributed by atoms with van der Waals surface area (Å²) < 4.78 is 0. The maximum Gasteiger partial charge on any atom is 0.235 e. The molecule has 0 saturated heterocycles. The zero-order valence-corrected chi connectivity index (χ0v) is 12.8. The van der Waals surface area contributed by atoms with E-state index in [1.165, 1.54) is 11.8 Å². The van der Waals surface area contributed by atoms with Crippen LogP contribution in [0.1, 0.15) is 6.42 Å². The molecule has 0 atom stereocenters. The molecule has 0 fully saturated rings. The monoisotopic (exact) mass is 312 g/mol. The third-order valence-electron chi connectivity index (χ3n) is 3.13. The van der Waals surface area contributed by atoms with Gasteiger partial charge in [-0.25, -0.2) is 4.98 Å². The normalized spacial score (nSPS) is 13.8. The molecule has 0 spiro atoms. The summed E-state index contributed by atoms with van der Waals surface area (Å²) in [5, 5.41) is 10.1. The number of amides is 1. The predicted molar refractivity (Wildman–Crippen MR) is 88.9 cm³/mol. The second-order valence-electron chi connectivity index (χ2n) is 4.76. The Labute approximate surface area is 133 Å². The van der Waals surface area contributed by atoms with Gasteiger partial charge in [0.1, 0.15) is 5.84 Å². The molecule has 0 radical (unpaired) electrons. The number of thioether (sulfide) groups is 1. The first-order valence-electron chi connectivity index (χ1n) is 7.05. The Kier molecular flexibility index (Phi) is 4.70. The molecule has 112 valence electrons. The van der Waals surface area contributed by atoms with E-state index in [2.05, 4.69) is 15.4 Å². The van der Waals surface area contributed by atoms with Crippen molar-refractivity contribution in [2.45, 2.75) is 11.4 Å². The van der Waals surface area contributed by atoms with E-state index in [0.717, 1.165) is 29.5 Å². The number of rotatable bonds is 4. The van der Waals surface area contributed by atoms with Crippen molar-refractivity contribution in [3.05, 3.63) is 54.7 Å². The fourth-order valence-corrected chi connectivity index (χ4v) is 2.76. The van der Waals surface area contributed by atoms with E-state index < -0.39 is 0 Å². The lowest BCUT2D eigenvalue weighted by atomic mass is 10.3. The largest absolute Gasteiger partial charge is 0.312 e. The predicted octanol–water partition coefficient (Wildman–Crippen LogP) is 2.51. The molecular weight excluding hydrogens is 296 g/mol. The molecule has 1 aromatic carbocycles. The number of carbonyl (C=O) groups is 1. The van der Waals surface area contributed by atoms with Gasteiger partial charge in [-0.2, -0.15) is 5.10 Å². The maximum atomic E-state index is 12.0. The number of amidine groups is 1. The Balaban J connectivity index is 1.52. The average molecular weight is 312 g/mol. The third-order valence-corrected chi connectivity index (χ3v) is 4.07. The second-order valence-corrected chi connectivity index (χ2v) is 5.76. The van der Waals surface area contributed by atoms with Crippen molar-refractivity contribution >= 4 is 29.2 Å². The Bertz CT molecular complexity index is 660. The number of anilines is 1. The number of carbonyl (C=O) groups excluding carboxylic acids is 1. The summed E-state index contributed by atoms with van der Waals surface area (Å²) in [5.41, 5.74) is 1.04. The van der Waals surface area contributed by atoms with Gasteiger partial charge in [0.25, 0.3) is 0 Å². The van der Waals surface area contributed by atoms with Crippen LogP contribution in [-0.4, -0.2) is 29.0 Å². The van der Waals surface area contributed by atoms with Crippen molar-refractivity contribution < 1.29 is 4.79 Å². The first-order chi connectivity index (χ1) is 10.8. The molecule has 0 aliphatic carbocycles. The van der Waals surface area contributed by atoms with Gasteiger partial charge in [-0.3, -0.25) is 9.80 Å². The molecule has 6 heteroatoms. The van der Waals surface area contributed by atoms with Crippen LogP contribution in [0.5, 0.6) is 0 Å². The third kappa shape index (κ3) is 3.85. The number of nitrogens with one attached hydrogen (secondary N) is 1. The number of hydrogen-bond donors (Lipinski definition) is 1. The van der Waals surface area contributed by atoms with Gasteiger partial charge in [-0.1, -0.05) is 36.0 Å². The van der Waals surface area contributed by atoms with Crippen LogP contribution in [0.15, 0.2) is 64.9 Å². The van der Waals surface area contributed by atoms with Crippen LogP contribution in [0.2, 0.25) is 0 Å². The minimum Gasteiger partial charge on any atom is -0.312 e. The highest BCUT2D eigenvalue weighted by atomic mass is 32.2. The van der Waals surface area contributed by atoms with Crippen LogP contribution in [0.25, 0.3) is 0 Å². The molecule has 1 aromatic heterocycles. The fraction of sp³-hybridized carbons (Fsp3) is 0.188. The lowest BCUT2D eigenvalue weighted by Gasteiger charge is -2.12. The molecule has 0 unspecified atom stereocenters. The lowest BCUT2D eigenvalue weighted by molar-refractivity contribution is -0.117. The minimum atomic E-state index is -0.0516. The minimum absolute atomic E-state index is 0.0516. The van der Waals surface area contributed by atoms with Gasteiger partial charge in [-0.05, 0) is 24.3 Å². The Morgan fingerprint density at radius 3 is 2.77 bits per heavy atom. The number of aromatic nitrogens is 1. The van der Waals surface area contributed by atoms with E-state index in [4.69, 9.17) is 0 Å². The molecule has 1 N–H and O–H groups in total. The molecule has 22 heavy (non-hydrogen) atoms. The summed E-state index contributed by atoms with van der Waals surface area (Å²) in [6, 6.07) is 15.6. The molecule has 2 heterocycles. The van der Waals surface area contributed by atoms with E-state index in [1.807, 2.05) is 53.5 Å². The number of hydrogen-bond acceptors (Lipinski definition) is 5. The number of para-hydroxylation sites is 1. The summed E-state index contributed by atoms with van der Waals surface area (Å²) in [5.74, 6) is 1.00. The first-order valence-corrected chi connectivity index (χ1v) is 8.03. The molecule has 1 amide bonds. The summed E-state index contributed by atoms with van der Waals surface area (Å²) in [4.78, 5) is 16.1. The molecule has 5 nitrogen and oxygen atoms in total. The quantitative estimate of drug-likeness (QED) is 0.881. The van der Waals surface area contributed by atoms with Crippen molar-refractivity contribution in [1.82, 2.24) is 10.3 Å². The highest BCUT2D eigenvalue weighted by Gasteiger charge is 2.17. The van der Waals surface area contributed by atoms with Gasteiger partial charge in [0.05, 0.1) is 16.5 Å². The van der Waals surface area contributed by atoms with Gasteiger partial charge in [0.2, 0.25) is 5.91 Å². The number of hydrazone groups is 1. The second kappa shape index (κ2) is 7.09. The van der Waals surface area contributed by atoms with Crippen molar-refractivity contribution in [3.63, 3.8) is 0 Å². The Hall–Kier alpha value is -2.34. The molecule has 2 aromatic rings. The van der Waals surface area contributed by atoms with Gasteiger partial charge in [-0.15, -0.1) is 0 Å². The highest BCUT2D eigenvalue weighted by Crippen LogP contribution is 2.18. The van der Waals surface area contributed by atoms with Crippen molar-refractivity contribution in [3.8, 4) is 0 Å². The van der Waals surface area contributed by atoms with E-state index >= 15 is 0 Å². The molecule has 1 aliphatic heterocycles. The van der Waals surface area contributed by atoms with Crippen LogP contribution in [-0.2, 0) is 4.79 Å². The SMILES string of the molecule is O=C(CSc1ccccn1)NC1=NN(c2ccccc2)CC1. The maximum absolute atomic E-state index is 12.0. The standard InChI is InChI=1S/C16H16N4OS/c21-15(12-22-16-8-4-5-10-17-16)18-14-9-11-20(19-14)13-6-2-1-3-7-13/h1-8,10H,9,11-12H2,(H,18,19,21). The number of benzene rings is 1. The lowest BCUT2D eigenvalue weighted by Crippen LogP contribution is -2.30. The van der Waals surface area contributed by atoms with Crippen LogP contribution in [0.4, 0.5) is 5.69 Å². The Morgan fingerprint density at radius 1 is 1.18 bits per heavy atom. The summed E-state index contributed by atoms with van der Waals surface area (Å²) in [7, 11) is 0. The zero-order chi connectivity index (χ0) is 15.2. The van der Waals surface area contributed by atoms with E-state index in [-0.39, 0.29) is 5.91 Å². The van der Waals surface area contributed by atoms with Crippen molar-refractivity contribution in [2.75, 3.05) is 17.3 Å². The van der Waals surface area contributed by atoms with Crippen LogP contribution in [0.3, 0.4) is 0 Å². The van der Waals surface area contributed by atoms with Gasteiger partial charge in [0.15, 0.2) is 0 Å². The molecule has 1 aliphatic rings. The van der Waals surface area contributed by atoms with Gasteiger partial charge < -0.3 is 5.32 Å². The topological polar surface area (TPSA) is 57.6 Å². The Morgan fingerprint density at radius 2 is 2.00 bits per heavy atom. The molecule has 0 saturated carbocycles. The van der Waals surface area contributed by atoms with Crippen LogP contribution < -0.4 is 10.3 Å². The van der Waals surface area contributed by atoms with E-state index in [0.29, 0.717) is 5.75 Å². The summed E-state index contributed by atoms with van der Waals surface area (Å²) >= 11 is 1.42. The number of nitrogens with zero attached hydrogens (tertiary/aromatic N) is 3. The highest BCUT2D eigenvalue weighted by molar-refractivity contribution is 7.99. The van der Waals surface area contributed by atoms with Crippen LogP contribution in [0, 0.1) is 0 Å². The smallest absolute Gasteiger partial charge is 0.235 e. The molecule has 3 rings (SSSR count). The van der Waals surface area contributed by atoms with Crippen LogP contribution >= 0.6 is 11.8 Å². The van der Waals surface area contributed by atoms with Crippen molar-refractivity contribution in [2.24, 2.45) is 5.10 Å². The number of pyridine rings is 1. The zero-order valence-electron chi connectivity index (χ0n) is 12.0. The average Bonchev–Trinajstić information content (AvgIpc) is 3.03. The van der Waals surface area contributed by atoms with Crippen molar-refractivity contribution in [1.29, 1.82) is 0 Å². The van der Waals surface area contributed by atoms with Gasteiger partial charge in [0, 0.05) is 19.2 Å². The first kappa shape index (κ1) is 14.6. The summed E-state index contributed by atoms with van der Waals surface area (Å²) in [6.45, 7) is 0.785. The van der Waals surface area contributed by atoms with E-state index in [1.54, 1.807) is 6.20 Å². The summed E-state index contributed by atoms with van der Waals surface area (Å²) in [6.07, 6.45) is 2.47. The van der Waals surface area contributed by atoms with Gasteiger partial charge >= 0.3 is 0 Å². The molecule has 0 bridgehead atoms.